The van der Waals surface area contributed by atoms with Gasteiger partial charge in [-0.15, -0.1) is 0 Å². The molecule has 0 unspecified atom stereocenters. The van der Waals surface area contributed by atoms with Crippen LogP contribution in [-0.4, -0.2) is 70.4 Å². The molecule has 2 aromatic rings. The summed E-state index contributed by atoms with van der Waals surface area (Å²) >= 11 is 0. The van der Waals surface area contributed by atoms with Crippen LogP contribution in [0.15, 0.2) is 18.3 Å². The molecule has 2 aromatic heterocycles. The molecule has 1 aliphatic heterocycles. The minimum absolute atomic E-state index is 0.188. The Morgan fingerprint density at radius 3 is 2.76 bits per heavy atom. The Morgan fingerprint density at radius 1 is 1.41 bits per heavy atom. The second-order valence-electron chi connectivity index (χ2n) is 9.18. The van der Waals surface area contributed by atoms with Crippen LogP contribution in [0, 0.1) is 16.7 Å². The molecule has 11 nitrogen and oxygen atoms in total. The minimum Gasteiger partial charge on any atom is -0.444 e. The first-order valence-corrected chi connectivity index (χ1v) is 11.2. The van der Waals surface area contributed by atoms with Gasteiger partial charge in [0, 0.05) is 37.8 Å². The van der Waals surface area contributed by atoms with Gasteiger partial charge in [0.2, 0.25) is 0 Å². The first-order valence-electron chi connectivity index (χ1n) is 11.2. The standard InChI is InChI=1S/C23H32N8O3/c1-5-9-33-10-8-27-19-11-17(16-12-28-31(20(16)29-19)18(26)6-7-24)23(13-25)14-30(15-23)21(32)34-22(2,3)4/h6-7,11-12,24H,5,8-10,14-15,26H2,1-4H3,(H,27,29). The molecule has 1 aliphatic rings. The van der Waals surface area contributed by atoms with Crippen LogP contribution >= 0.6 is 0 Å². The maximum absolute atomic E-state index is 12.5. The number of ether oxygens (including phenoxy) is 2. The number of likely N-dealkylation sites (tertiary alicyclic amines) is 1. The van der Waals surface area contributed by atoms with E-state index in [1.54, 1.807) is 27.0 Å². The fraction of sp³-hybridized carbons (Fsp3) is 0.522. The summed E-state index contributed by atoms with van der Waals surface area (Å²) in [5.74, 6) is 0.763. The number of aromatic nitrogens is 3. The fourth-order valence-corrected chi connectivity index (χ4v) is 3.69. The number of carbonyl (C=O) groups excluding carboxylic acids is 1. The predicted octanol–water partition coefficient (Wildman–Crippen LogP) is 2.69. The number of nitriles is 1. The maximum atomic E-state index is 12.5. The van der Waals surface area contributed by atoms with Crippen molar-refractivity contribution in [2.75, 3.05) is 38.2 Å². The normalized spacial score (nSPS) is 15.5. The van der Waals surface area contributed by atoms with Crippen LogP contribution in [0.4, 0.5) is 10.6 Å². The average molecular weight is 469 g/mol. The van der Waals surface area contributed by atoms with E-state index in [2.05, 4.69) is 21.5 Å². The van der Waals surface area contributed by atoms with Gasteiger partial charge in [-0.3, -0.25) is 0 Å². The molecule has 11 heteroatoms. The van der Waals surface area contributed by atoms with E-state index in [1.807, 2.05) is 13.0 Å². The lowest BCUT2D eigenvalue weighted by atomic mass is 9.74. The van der Waals surface area contributed by atoms with Gasteiger partial charge in [0.25, 0.3) is 0 Å². The van der Waals surface area contributed by atoms with Gasteiger partial charge >= 0.3 is 6.09 Å². The third-order valence-corrected chi connectivity index (χ3v) is 5.24. The lowest BCUT2D eigenvalue weighted by Crippen LogP contribution is -2.61. The molecule has 1 saturated heterocycles. The van der Waals surface area contributed by atoms with Gasteiger partial charge in [0.15, 0.2) is 5.65 Å². The Hall–Kier alpha value is -3.65. The lowest BCUT2D eigenvalue weighted by molar-refractivity contribution is -0.000272. The quantitative estimate of drug-likeness (QED) is 0.375. The number of nitrogens with zero attached hydrogens (tertiary/aromatic N) is 5. The number of hydrogen-bond acceptors (Lipinski definition) is 9. The summed E-state index contributed by atoms with van der Waals surface area (Å²) in [6.45, 7) is 9.54. The van der Waals surface area contributed by atoms with E-state index in [4.69, 9.17) is 20.6 Å². The summed E-state index contributed by atoms with van der Waals surface area (Å²) in [4.78, 5) is 18.7. The van der Waals surface area contributed by atoms with Gasteiger partial charge in [-0.05, 0) is 44.9 Å². The van der Waals surface area contributed by atoms with Crippen molar-refractivity contribution in [1.29, 1.82) is 10.7 Å². The van der Waals surface area contributed by atoms with Crippen LogP contribution in [0.3, 0.4) is 0 Å². The molecule has 0 saturated carbocycles. The Morgan fingerprint density at radius 2 is 2.15 bits per heavy atom. The van der Waals surface area contributed by atoms with E-state index < -0.39 is 17.1 Å². The topological polar surface area (TPSA) is 155 Å². The second-order valence-corrected chi connectivity index (χ2v) is 9.18. The molecule has 1 fully saturated rings. The fourth-order valence-electron chi connectivity index (χ4n) is 3.69. The van der Waals surface area contributed by atoms with Crippen molar-refractivity contribution in [2.45, 2.75) is 45.1 Å². The summed E-state index contributed by atoms with van der Waals surface area (Å²) in [7, 11) is 0. The maximum Gasteiger partial charge on any atom is 0.410 e. The third-order valence-electron chi connectivity index (χ3n) is 5.24. The Balaban J connectivity index is 1.96. The number of anilines is 1. The average Bonchev–Trinajstić information content (AvgIpc) is 3.16. The van der Waals surface area contributed by atoms with Crippen LogP contribution in [0.5, 0.6) is 0 Å². The van der Waals surface area contributed by atoms with Gasteiger partial charge in [0.05, 0.1) is 18.9 Å². The highest BCUT2D eigenvalue weighted by Crippen LogP contribution is 2.39. The SMILES string of the molecule is CCCOCCNc1cc(C2(C#N)CN(C(=O)OC(C)(C)C)C2)c2cnn(C(N)=CC=N)c2n1. The summed E-state index contributed by atoms with van der Waals surface area (Å²) in [6, 6.07) is 4.22. The number of amides is 1. The Kier molecular flexibility index (Phi) is 7.41. The number of fused-ring (bicyclic) bond motifs is 1. The Labute approximate surface area is 199 Å². The molecule has 1 amide bonds. The molecule has 0 atom stereocenters. The van der Waals surface area contributed by atoms with Gasteiger partial charge in [0.1, 0.15) is 22.7 Å². The van der Waals surface area contributed by atoms with Gasteiger partial charge < -0.3 is 30.8 Å². The second kappa shape index (κ2) is 10.1. The first kappa shape index (κ1) is 25.0. The molecule has 3 heterocycles. The van der Waals surface area contributed by atoms with Crippen molar-refractivity contribution >= 4 is 35.0 Å². The molecular formula is C23H32N8O3. The minimum atomic E-state index is -0.943. The zero-order valence-electron chi connectivity index (χ0n) is 20.1. The number of rotatable bonds is 9. The number of carbonyl (C=O) groups is 1. The molecule has 0 bridgehead atoms. The van der Waals surface area contributed by atoms with Gasteiger partial charge in [-0.1, -0.05) is 6.92 Å². The molecular weight excluding hydrogens is 436 g/mol. The van der Waals surface area contributed by atoms with Crippen molar-refractivity contribution < 1.29 is 14.3 Å². The van der Waals surface area contributed by atoms with Crippen molar-refractivity contribution in [1.82, 2.24) is 19.7 Å². The largest absolute Gasteiger partial charge is 0.444 e. The van der Waals surface area contributed by atoms with Crippen molar-refractivity contribution in [3.63, 3.8) is 0 Å². The van der Waals surface area contributed by atoms with Crippen LogP contribution in [-0.2, 0) is 14.9 Å². The molecule has 0 aromatic carbocycles. The van der Waals surface area contributed by atoms with E-state index in [1.165, 1.54) is 15.7 Å². The number of nitrogens with one attached hydrogen (secondary N) is 2. The first-order chi connectivity index (χ1) is 16.1. The summed E-state index contributed by atoms with van der Waals surface area (Å²) < 4.78 is 12.4. The molecule has 34 heavy (non-hydrogen) atoms. The zero-order valence-corrected chi connectivity index (χ0v) is 20.1. The predicted molar refractivity (Wildman–Crippen MR) is 129 cm³/mol. The van der Waals surface area contributed by atoms with E-state index in [-0.39, 0.29) is 18.9 Å². The number of allylic oxidation sites excluding steroid dienone is 1. The zero-order chi connectivity index (χ0) is 24.9. The van der Waals surface area contributed by atoms with Crippen LogP contribution < -0.4 is 11.1 Å². The van der Waals surface area contributed by atoms with Gasteiger partial charge in [-0.25, -0.2) is 9.78 Å². The smallest absolute Gasteiger partial charge is 0.410 e. The van der Waals surface area contributed by atoms with Crippen LogP contribution in [0.1, 0.15) is 39.7 Å². The van der Waals surface area contributed by atoms with Gasteiger partial charge in [-0.2, -0.15) is 15.0 Å². The molecule has 0 spiro atoms. The number of hydrogen-bond donors (Lipinski definition) is 3. The number of pyridine rings is 1. The monoisotopic (exact) mass is 468 g/mol. The van der Waals surface area contributed by atoms with E-state index >= 15 is 0 Å². The van der Waals surface area contributed by atoms with E-state index in [0.717, 1.165) is 12.6 Å². The molecule has 0 aliphatic carbocycles. The van der Waals surface area contributed by atoms with E-state index in [0.29, 0.717) is 42.2 Å². The molecule has 0 radical (unpaired) electrons. The van der Waals surface area contributed by atoms with Crippen LogP contribution in [0.2, 0.25) is 0 Å². The highest BCUT2D eigenvalue weighted by atomic mass is 16.6. The lowest BCUT2D eigenvalue weighted by Gasteiger charge is -2.46. The van der Waals surface area contributed by atoms with Crippen LogP contribution in [0.25, 0.3) is 16.9 Å². The van der Waals surface area contributed by atoms with Crippen molar-refractivity contribution in [3.8, 4) is 6.07 Å². The summed E-state index contributed by atoms with van der Waals surface area (Å²) in [6.07, 6.45) is 4.55. The van der Waals surface area contributed by atoms with Crippen molar-refractivity contribution in [3.05, 3.63) is 23.9 Å². The molecule has 4 N–H and O–H groups in total. The molecule has 3 rings (SSSR count). The highest BCUT2D eigenvalue weighted by Gasteiger charge is 2.49. The number of nitrogens with two attached hydrogens (primary N) is 1. The van der Waals surface area contributed by atoms with Crippen molar-refractivity contribution in [2.24, 2.45) is 5.73 Å². The molecule has 182 valence electrons. The Bertz CT molecular complexity index is 1120. The summed E-state index contributed by atoms with van der Waals surface area (Å²) in [5.41, 5.74) is 5.66. The third kappa shape index (κ3) is 5.28. The van der Waals surface area contributed by atoms with E-state index in [9.17, 15) is 10.1 Å². The highest BCUT2D eigenvalue weighted by molar-refractivity contribution is 5.87. The summed E-state index contributed by atoms with van der Waals surface area (Å²) in [5, 5.41) is 25.7.